The van der Waals surface area contributed by atoms with Gasteiger partial charge in [-0.05, 0) is 13.8 Å². The quantitative estimate of drug-likeness (QED) is 0.695. The third-order valence-electron chi connectivity index (χ3n) is 1.79. The van der Waals surface area contributed by atoms with Crippen LogP contribution in [0.2, 0.25) is 0 Å². The molecule has 5 nitrogen and oxygen atoms in total. The Kier molecular flexibility index (Phi) is 2.55. The van der Waals surface area contributed by atoms with Crippen LogP contribution in [0.4, 0.5) is 5.82 Å². The second-order valence-electron chi connectivity index (χ2n) is 3.06. The van der Waals surface area contributed by atoms with E-state index < -0.39 is 0 Å². The summed E-state index contributed by atoms with van der Waals surface area (Å²) in [6.07, 6.45) is 1.48. The standard InChI is InChI=1S/C8H14N4O/c1-5(2)12-7(9)6(4-11-12)8(13)10-3/h4-5H,9H2,1-3H3,(H,10,13). The van der Waals surface area contributed by atoms with Crippen molar-refractivity contribution in [2.75, 3.05) is 12.8 Å². The monoisotopic (exact) mass is 182 g/mol. The van der Waals surface area contributed by atoms with E-state index in [-0.39, 0.29) is 11.9 Å². The number of nitrogens with one attached hydrogen (secondary N) is 1. The van der Waals surface area contributed by atoms with Crippen molar-refractivity contribution in [2.24, 2.45) is 0 Å². The van der Waals surface area contributed by atoms with Gasteiger partial charge < -0.3 is 11.1 Å². The molecule has 1 amide bonds. The Morgan fingerprint density at radius 1 is 1.69 bits per heavy atom. The van der Waals surface area contributed by atoms with E-state index in [1.807, 2.05) is 13.8 Å². The van der Waals surface area contributed by atoms with E-state index in [0.29, 0.717) is 11.4 Å². The zero-order valence-corrected chi connectivity index (χ0v) is 8.03. The third kappa shape index (κ3) is 1.63. The van der Waals surface area contributed by atoms with E-state index in [4.69, 9.17) is 5.73 Å². The van der Waals surface area contributed by atoms with Gasteiger partial charge in [-0.25, -0.2) is 4.68 Å². The molecule has 1 aromatic rings. The number of anilines is 1. The molecule has 0 saturated heterocycles. The number of nitrogens with two attached hydrogens (primary N) is 1. The lowest BCUT2D eigenvalue weighted by Gasteiger charge is -2.07. The van der Waals surface area contributed by atoms with Crippen molar-refractivity contribution in [3.8, 4) is 0 Å². The number of nitrogen functional groups attached to an aromatic ring is 1. The lowest BCUT2D eigenvalue weighted by molar-refractivity contribution is 0.0964. The molecule has 0 aliphatic rings. The Labute approximate surface area is 76.9 Å². The van der Waals surface area contributed by atoms with E-state index in [1.54, 1.807) is 11.7 Å². The van der Waals surface area contributed by atoms with E-state index in [9.17, 15) is 4.79 Å². The van der Waals surface area contributed by atoms with Crippen molar-refractivity contribution < 1.29 is 4.79 Å². The molecule has 0 spiro atoms. The predicted molar refractivity (Wildman–Crippen MR) is 50.4 cm³/mol. The Hall–Kier alpha value is -1.52. The normalized spacial score (nSPS) is 10.5. The molecule has 3 N–H and O–H groups in total. The number of nitrogens with zero attached hydrogens (tertiary/aromatic N) is 2. The van der Waals surface area contributed by atoms with Crippen molar-refractivity contribution in [2.45, 2.75) is 19.9 Å². The molecule has 72 valence electrons. The fraction of sp³-hybridized carbons (Fsp3) is 0.500. The molecule has 0 radical (unpaired) electrons. The molecule has 0 atom stereocenters. The molecule has 0 aliphatic carbocycles. The van der Waals surface area contributed by atoms with Gasteiger partial charge in [-0.2, -0.15) is 5.10 Å². The van der Waals surface area contributed by atoms with Gasteiger partial charge in [0.25, 0.3) is 5.91 Å². The molecular formula is C8H14N4O. The fourth-order valence-corrected chi connectivity index (χ4v) is 1.09. The minimum atomic E-state index is -0.204. The lowest BCUT2D eigenvalue weighted by atomic mass is 10.3. The second-order valence-corrected chi connectivity index (χ2v) is 3.06. The molecule has 1 aromatic heterocycles. The van der Waals surface area contributed by atoms with Crippen LogP contribution in [-0.2, 0) is 0 Å². The summed E-state index contributed by atoms with van der Waals surface area (Å²) in [4.78, 5) is 11.2. The van der Waals surface area contributed by atoms with Crippen molar-refractivity contribution in [3.63, 3.8) is 0 Å². The van der Waals surface area contributed by atoms with E-state index in [1.165, 1.54) is 6.20 Å². The van der Waals surface area contributed by atoms with Crippen LogP contribution in [0.3, 0.4) is 0 Å². The van der Waals surface area contributed by atoms with Gasteiger partial charge in [-0.3, -0.25) is 4.79 Å². The second kappa shape index (κ2) is 3.47. The largest absolute Gasteiger partial charge is 0.383 e. The SMILES string of the molecule is CNC(=O)c1cnn(C(C)C)c1N. The van der Waals surface area contributed by atoms with Gasteiger partial charge in [0.15, 0.2) is 0 Å². The maximum atomic E-state index is 11.2. The summed E-state index contributed by atoms with van der Waals surface area (Å²) in [5, 5.41) is 6.52. The van der Waals surface area contributed by atoms with Gasteiger partial charge in [-0.15, -0.1) is 0 Å². The van der Waals surface area contributed by atoms with Crippen molar-refractivity contribution in [3.05, 3.63) is 11.8 Å². The first-order valence-electron chi connectivity index (χ1n) is 4.13. The minimum Gasteiger partial charge on any atom is -0.383 e. The Morgan fingerprint density at radius 2 is 2.31 bits per heavy atom. The summed E-state index contributed by atoms with van der Waals surface area (Å²) in [6, 6.07) is 0.165. The first kappa shape index (κ1) is 9.57. The Bertz CT molecular complexity index is 316. The maximum absolute atomic E-state index is 11.2. The number of aromatic nitrogens is 2. The molecule has 1 rings (SSSR count). The third-order valence-corrected chi connectivity index (χ3v) is 1.79. The van der Waals surface area contributed by atoms with Crippen LogP contribution in [0, 0.1) is 0 Å². The van der Waals surface area contributed by atoms with Gasteiger partial charge in [0, 0.05) is 13.1 Å². The molecule has 0 unspecified atom stereocenters. The molecule has 5 heteroatoms. The molecular weight excluding hydrogens is 168 g/mol. The maximum Gasteiger partial charge on any atom is 0.256 e. The molecule has 0 aromatic carbocycles. The summed E-state index contributed by atoms with van der Waals surface area (Å²) in [7, 11) is 1.56. The molecule has 0 aliphatic heterocycles. The highest BCUT2D eigenvalue weighted by Crippen LogP contribution is 2.15. The van der Waals surface area contributed by atoms with Gasteiger partial charge >= 0.3 is 0 Å². The molecule has 13 heavy (non-hydrogen) atoms. The highest BCUT2D eigenvalue weighted by atomic mass is 16.1. The number of carbonyl (C=O) groups excluding carboxylic acids is 1. The van der Waals surface area contributed by atoms with E-state index in [2.05, 4.69) is 10.4 Å². The number of hydrogen-bond acceptors (Lipinski definition) is 3. The molecule has 1 heterocycles. The van der Waals surface area contributed by atoms with Crippen LogP contribution in [0.1, 0.15) is 30.2 Å². The van der Waals surface area contributed by atoms with Crippen LogP contribution >= 0.6 is 0 Å². The van der Waals surface area contributed by atoms with E-state index in [0.717, 1.165) is 0 Å². The van der Waals surface area contributed by atoms with Gasteiger partial charge in [0.05, 0.1) is 6.20 Å². The zero-order chi connectivity index (χ0) is 10.0. The van der Waals surface area contributed by atoms with Crippen LogP contribution in [0.25, 0.3) is 0 Å². The summed E-state index contributed by atoms with van der Waals surface area (Å²) >= 11 is 0. The lowest BCUT2D eigenvalue weighted by Crippen LogP contribution is -2.19. The predicted octanol–water partition coefficient (Wildman–Crippen LogP) is 0.406. The first-order chi connectivity index (χ1) is 6.07. The number of carbonyl (C=O) groups is 1. The number of hydrogen-bond donors (Lipinski definition) is 2. The number of amides is 1. The molecule has 0 fully saturated rings. The average molecular weight is 182 g/mol. The van der Waals surface area contributed by atoms with Crippen molar-refractivity contribution in [1.82, 2.24) is 15.1 Å². The first-order valence-corrected chi connectivity index (χ1v) is 4.13. The van der Waals surface area contributed by atoms with Crippen LogP contribution in [0.5, 0.6) is 0 Å². The summed E-state index contributed by atoms with van der Waals surface area (Å²) in [5.74, 6) is 0.207. The average Bonchev–Trinajstić information content (AvgIpc) is 2.46. The van der Waals surface area contributed by atoms with Crippen molar-refractivity contribution >= 4 is 11.7 Å². The van der Waals surface area contributed by atoms with Crippen molar-refractivity contribution in [1.29, 1.82) is 0 Å². The summed E-state index contributed by atoms with van der Waals surface area (Å²) in [6.45, 7) is 3.91. The Morgan fingerprint density at radius 3 is 2.69 bits per heavy atom. The molecule has 0 bridgehead atoms. The van der Waals surface area contributed by atoms with Gasteiger partial charge in [0.2, 0.25) is 0 Å². The fourth-order valence-electron chi connectivity index (χ4n) is 1.09. The minimum absolute atomic E-state index is 0.165. The van der Waals surface area contributed by atoms with Crippen LogP contribution in [-0.4, -0.2) is 22.7 Å². The highest BCUT2D eigenvalue weighted by Gasteiger charge is 2.14. The smallest absolute Gasteiger partial charge is 0.256 e. The van der Waals surface area contributed by atoms with Crippen LogP contribution in [0.15, 0.2) is 6.20 Å². The zero-order valence-electron chi connectivity index (χ0n) is 8.03. The van der Waals surface area contributed by atoms with Gasteiger partial charge in [-0.1, -0.05) is 0 Å². The Balaban J connectivity index is 3.06. The van der Waals surface area contributed by atoms with Crippen LogP contribution < -0.4 is 11.1 Å². The van der Waals surface area contributed by atoms with Gasteiger partial charge in [0.1, 0.15) is 11.4 Å². The summed E-state index contributed by atoms with van der Waals surface area (Å²) < 4.78 is 1.62. The molecule has 0 saturated carbocycles. The highest BCUT2D eigenvalue weighted by molar-refractivity contribution is 5.98. The topological polar surface area (TPSA) is 72.9 Å². The number of rotatable bonds is 2. The van der Waals surface area contributed by atoms with E-state index >= 15 is 0 Å². The summed E-state index contributed by atoms with van der Waals surface area (Å²) in [5.41, 5.74) is 6.15.